The van der Waals surface area contributed by atoms with Crippen LogP contribution in [0, 0.1) is 10.8 Å². The van der Waals surface area contributed by atoms with Gasteiger partial charge in [0.25, 0.3) is 0 Å². The maximum Gasteiger partial charge on any atom is 0.124 e. The Balaban J connectivity index is 0.00000240. The van der Waals surface area contributed by atoms with Crippen LogP contribution in [0.5, 0.6) is 11.5 Å². The van der Waals surface area contributed by atoms with E-state index in [4.69, 9.17) is 9.98 Å². The maximum absolute atomic E-state index is 10.3. The molecule has 29 heavy (non-hydrogen) atoms. The summed E-state index contributed by atoms with van der Waals surface area (Å²) in [5, 5.41) is 20.6. The van der Waals surface area contributed by atoms with Gasteiger partial charge in [0.1, 0.15) is 11.5 Å². The Bertz CT molecular complexity index is 1000. The Morgan fingerprint density at radius 3 is 1.31 bits per heavy atom. The smallest absolute Gasteiger partial charge is 0.124 e. The summed E-state index contributed by atoms with van der Waals surface area (Å²) in [4.78, 5) is 9.70. The first-order valence-electron chi connectivity index (χ1n) is 9.40. The van der Waals surface area contributed by atoms with Crippen molar-refractivity contribution in [3.63, 3.8) is 0 Å². The van der Waals surface area contributed by atoms with Crippen LogP contribution < -0.4 is 0 Å². The molecule has 0 fully saturated rings. The summed E-state index contributed by atoms with van der Waals surface area (Å²) in [7, 11) is 0. The Morgan fingerprint density at radius 2 is 0.966 bits per heavy atom. The number of hydrogen-bond acceptors (Lipinski definition) is 4. The van der Waals surface area contributed by atoms with E-state index >= 15 is 0 Å². The van der Waals surface area contributed by atoms with E-state index in [0.717, 1.165) is 33.9 Å². The number of allylic oxidation sites excluding steroid dienone is 2. The molecule has 2 aromatic rings. The average molecular weight is 568 g/mol. The predicted octanol–water partition coefficient (Wildman–Crippen LogP) is 5.22. The van der Waals surface area contributed by atoms with E-state index < -0.39 is 0 Å². The molecule has 2 aliphatic rings. The van der Waals surface area contributed by atoms with Gasteiger partial charge in [-0.15, -0.1) is 0 Å². The van der Waals surface area contributed by atoms with Crippen molar-refractivity contribution >= 4 is 11.4 Å². The second-order valence-electron chi connectivity index (χ2n) is 8.46. The largest absolute Gasteiger partial charge is 0.507 e. The SMILES string of the molecule is CC1(C)C=C(C2=CC(C)(C)C(c3ccccc3O)=N2)N=C1c1ccccc1O.[Pt]. The Morgan fingerprint density at radius 1 is 0.621 bits per heavy atom. The topological polar surface area (TPSA) is 65.2 Å². The summed E-state index contributed by atoms with van der Waals surface area (Å²) in [5.74, 6) is 0.450. The molecule has 2 N–H and O–H groups in total. The Kier molecular flexibility index (Phi) is 5.44. The third-order valence-corrected chi connectivity index (χ3v) is 5.26. The minimum absolute atomic E-state index is 0. The van der Waals surface area contributed by atoms with Crippen LogP contribution in [0.2, 0.25) is 0 Å². The van der Waals surface area contributed by atoms with Crippen molar-refractivity contribution in [3.8, 4) is 11.5 Å². The molecule has 2 aliphatic heterocycles. The molecule has 0 unspecified atom stereocenters. The monoisotopic (exact) mass is 567 g/mol. The molecule has 152 valence electrons. The van der Waals surface area contributed by atoms with Gasteiger partial charge >= 0.3 is 0 Å². The Labute approximate surface area is 185 Å². The van der Waals surface area contributed by atoms with E-state index in [2.05, 4.69) is 39.8 Å². The molecule has 0 aromatic heterocycles. The molecule has 0 saturated carbocycles. The van der Waals surface area contributed by atoms with Crippen molar-refractivity contribution in [3.05, 3.63) is 83.2 Å². The summed E-state index contributed by atoms with van der Waals surface area (Å²) in [6, 6.07) is 14.5. The summed E-state index contributed by atoms with van der Waals surface area (Å²) >= 11 is 0. The van der Waals surface area contributed by atoms with E-state index in [1.165, 1.54) is 0 Å². The number of benzene rings is 2. The first kappa shape index (κ1) is 21.3. The van der Waals surface area contributed by atoms with Gasteiger partial charge in [-0.1, -0.05) is 52.0 Å². The van der Waals surface area contributed by atoms with Crippen LogP contribution in [-0.2, 0) is 21.1 Å². The average Bonchev–Trinajstić information content (AvgIpc) is 3.11. The summed E-state index contributed by atoms with van der Waals surface area (Å²) in [6.45, 7) is 8.33. The minimum Gasteiger partial charge on any atom is -0.507 e. The molecule has 5 heteroatoms. The Hall–Kier alpha value is -2.45. The number of aliphatic imine (C=N–C) groups is 2. The summed E-state index contributed by atoms with van der Waals surface area (Å²) < 4.78 is 0. The van der Waals surface area contributed by atoms with Crippen LogP contribution in [0.3, 0.4) is 0 Å². The van der Waals surface area contributed by atoms with Crippen molar-refractivity contribution < 1.29 is 31.3 Å². The number of aromatic hydroxyl groups is 2. The fourth-order valence-electron chi connectivity index (χ4n) is 3.84. The third kappa shape index (κ3) is 3.74. The van der Waals surface area contributed by atoms with Crippen molar-refractivity contribution in [1.82, 2.24) is 0 Å². The zero-order valence-electron chi connectivity index (χ0n) is 16.9. The molecule has 2 heterocycles. The molecule has 0 spiro atoms. The zero-order valence-corrected chi connectivity index (χ0v) is 19.2. The van der Waals surface area contributed by atoms with Gasteiger partial charge in [-0.2, -0.15) is 0 Å². The van der Waals surface area contributed by atoms with Crippen molar-refractivity contribution in [2.24, 2.45) is 20.8 Å². The normalized spacial score (nSPS) is 19.0. The van der Waals surface area contributed by atoms with E-state index in [-0.39, 0.29) is 43.4 Å². The third-order valence-electron chi connectivity index (χ3n) is 5.26. The molecule has 0 atom stereocenters. The van der Waals surface area contributed by atoms with Crippen LogP contribution in [0.1, 0.15) is 38.8 Å². The molecule has 2 aromatic carbocycles. The van der Waals surface area contributed by atoms with Crippen molar-refractivity contribution in [2.45, 2.75) is 27.7 Å². The minimum atomic E-state index is -0.327. The van der Waals surface area contributed by atoms with Crippen LogP contribution in [-0.4, -0.2) is 21.6 Å². The number of para-hydroxylation sites is 2. The number of rotatable bonds is 3. The van der Waals surface area contributed by atoms with Gasteiger partial charge in [0.2, 0.25) is 0 Å². The van der Waals surface area contributed by atoms with Gasteiger partial charge in [-0.05, 0) is 36.4 Å². The van der Waals surface area contributed by atoms with Gasteiger partial charge in [0, 0.05) is 43.0 Å². The molecule has 4 rings (SSSR count). The van der Waals surface area contributed by atoms with Gasteiger partial charge in [0.05, 0.1) is 22.8 Å². The molecule has 4 nitrogen and oxygen atoms in total. The number of phenols is 2. The van der Waals surface area contributed by atoms with Gasteiger partial charge in [0.15, 0.2) is 0 Å². The van der Waals surface area contributed by atoms with Gasteiger partial charge < -0.3 is 10.2 Å². The van der Waals surface area contributed by atoms with Gasteiger partial charge in [-0.3, -0.25) is 0 Å². The molecule has 0 bridgehead atoms. The number of phenolic OH excluding ortho intramolecular Hbond substituents is 2. The molecular weight excluding hydrogens is 543 g/mol. The zero-order chi connectivity index (χ0) is 20.1. The maximum atomic E-state index is 10.3. The van der Waals surface area contributed by atoms with E-state index in [9.17, 15) is 10.2 Å². The molecule has 0 aliphatic carbocycles. The quantitative estimate of drug-likeness (QED) is 0.534. The number of hydrogen-bond donors (Lipinski definition) is 2. The van der Waals surface area contributed by atoms with Crippen LogP contribution >= 0.6 is 0 Å². The number of nitrogens with zero attached hydrogens (tertiary/aromatic N) is 2. The van der Waals surface area contributed by atoms with Crippen LogP contribution in [0.25, 0.3) is 0 Å². The van der Waals surface area contributed by atoms with E-state index in [1.807, 2.05) is 24.3 Å². The molecule has 0 radical (unpaired) electrons. The van der Waals surface area contributed by atoms with Crippen LogP contribution in [0.15, 0.2) is 82.1 Å². The predicted molar refractivity (Wildman–Crippen MR) is 113 cm³/mol. The molecule has 0 amide bonds. The summed E-state index contributed by atoms with van der Waals surface area (Å²) in [6.07, 6.45) is 4.18. The van der Waals surface area contributed by atoms with Crippen molar-refractivity contribution in [1.29, 1.82) is 0 Å². The summed E-state index contributed by atoms with van der Waals surface area (Å²) in [5.41, 5.74) is 4.06. The second-order valence-corrected chi connectivity index (χ2v) is 8.46. The first-order valence-corrected chi connectivity index (χ1v) is 9.40. The van der Waals surface area contributed by atoms with E-state index in [1.54, 1.807) is 24.3 Å². The molecular formula is C24H24N2O2Pt. The fraction of sp³-hybridized carbons (Fsp3) is 0.250. The second kappa shape index (κ2) is 7.42. The first-order chi connectivity index (χ1) is 13.2. The van der Waals surface area contributed by atoms with Crippen molar-refractivity contribution in [2.75, 3.05) is 0 Å². The van der Waals surface area contributed by atoms with E-state index in [0.29, 0.717) is 0 Å². The van der Waals surface area contributed by atoms with Gasteiger partial charge in [-0.25, -0.2) is 9.98 Å². The molecule has 0 saturated heterocycles. The fourth-order valence-corrected chi connectivity index (χ4v) is 3.84. The van der Waals surface area contributed by atoms with Crippen LogP contribution in [0.4, 0.5) is 0 Å². The standard InChI is InChI=1S/C24H24N2O2.Pt/c1-23(2)13-17(25-21(23)15-9-5-7-11-19(15)27)18-14-24(3,4)22(26-18)16-10-6-8-12-20(16)28;/h5-14,27-28H,1-4H3;.